The number of amides is 2. The quantitative estimate of drug-likeness (QED) is 0.766. The molecule has 0 spiro atoms. The molecule has 0 aliphatic rings. The maximum Gasteiger partial charge on any atom is 0.242 e. The number of hydrogen-bond acceptors (Lipinski definition) is 2. The topological polar surface area (TPSA) is 58.2 Å². The number of carbonyl (C=O) groups excluding carboxylic acids is 2. The molecule has 0 fully saturated rings. The van der Waals surface area contributed by atoms with Crippen LogP contribution in [0.5, 0.6) is 0 Å². The van der Waals surface area contributed by atoms with E-state index in [-0.39, 0.29) is 17.2 Å². The highest BCUT2D eigenvalue weighted by molar-refractivity contribution is 5.87. The number of nitrogens with one attached hydrogen (secondary N) is 2. The van der Waals surface area contributed by atoms with E-state index in [4.69, 9.17) is 0 Å². The van der Waals surface area contributed by atoms with Gasteiger partial charge in [-0.2, -0.15) is 0 Å². The molecule has 4 nitrogen and oxygen atoms in total. The number of rotatable bonds is 8. The highest BCUT2D eigenvalue weighted by Gasteiger charge is 2.25. The van der Waals surface area contributed by atoms with Gasteiger partial charge in [0.25, 0.3) is 0 Å². The molecule has 26 heavy (non-hydrogen) atoms. The fourth-order valence-electron chi connectivity index (χ4n) is 2.78. The number of hydrogen-bond donors (Lipinski definition) is 2. The van der Waals surface area contributed by atoms with Crippen molar-refractivity contribution >= 4 is 11.8 Å². The van der Waals surface area contributed by atoms with Crippen LogP contribution in [0, 0.1) is 0 Å². The Morgan fingerprint density at radius 3 is 2.12 bits per heavy atom. The molecule has 2 aromatic carbocycles. The molecule has 2 N–H and O–H groups in total. The molecule has 0 saturated heterocycles. The van der Waals surface area contributed by atoms with Crippen molar-refractivity contribution in [1.29, 1.82) is 0 Å². The Hall–Kier alpha value is -2.62. The van der Waals surface area contributed by atoms with Crippen molar-refractivity contribution in [3.8, 4) is 0 Å². The Morgan fingerprint density at radius 1 is 0.962 bits per heavy atom. The first kappa shape index (κ1) is 19.7. The minimum Gasteiger partial charge on any atom is -0.353 e. The minimum absolute atomic E-state index is 0.122. The van der Waals surface area contributed by atoms with Gasteiger partial charge in [0.05, 0.1) is 0 Å². The summed E-state index contributed by atoms with van der Waals surface area (Å²) < 4.78 is 0. The average Bonchev–Trinajstić information content (AvgIpc) is 2.67. The van der Waals surface area contributed by atoms with Crippen LogP contribution in [0.4, 0.5) is 0 Å². The Labute approximate surface area is 156 Å². The van der Waals surface area contributed by atoms with Crippen molar-refractivity contribution in [1.82, 2.24) is 10.6 Å². The van der Waals surface area contributed by atoms with Crippen LogP contribution < -0.4 is 10.6 Å². The van der Waals surface area contributed by atoms with Gasteiger partial charge in [0, 0.05) is 24.8 Å². The molecular formula is C22H28N2O2. The summed E-state index contributed by atoms with van der Waals surface area (Å²) in [5.74, 6) is -0.275. The van der Waals surface area contributed by atoms with Crippen LogP contribution in [0.2, 0.25) is 0 Å². The van der Waals surface area contributed by atoms with Gasteiger partial charge < -0.3 is 10.6 Å². The van der Waals surface area contributed by atoms with E-state index in [2.05, 4.69) is 36.6 Å². The van der Waals surface area contributed by atoms with E-state index in [0.717, 1.165) is 11.1 Å². The van der Waals surface area contributed by atoms with Crippen molar-refractivity contribution in [2.75, 3.05) is 6.54 Å². The number of benzene rings is 2. The van der Waals surface area contributed by atoms with Crippen LogP contribution in [0.3, 0.4) is 0 Å². The smallest absolute Gasteiger partial charge is 0.242 e. The summed E-state index contributed by atoms with van der Waals surface area (Å²) in [4.78, 5) is 24.6. The second-order valence-electron chi connectivity index (χ2n) is 7.13. The van der Waals surface area contributed by atoms with E-state index in [9.17, 15) is 9.59 Å². The molecule has 1 atom stereocenters. The monoisotopic (exact) mass is 352 g/mol. The molecule has 0 heterocycles. The molecule has 2 rings (SSSR count). The Morgan fingerprint density at radius 2 is 1.54 bits per heavy atom. The third kappa shape index (κ3) is 5.73. The zero-order valence-electron chi connectivity index (χ0n) is 15.8. The molecule has 2 aromatic rings. The molecule has 0 aliphatic heterocycles. The van der Waals surface area contributed by atoms with Crippen LogP contribution in [0.25, 0.3) is 0 Å². The zero-order chi connectivity index (χ0) is 19.0. The van der Waals surface area contributed by atoms with E-state index in [0.29, 0.717) is 19.4 Å². The van der Waals surface area contributed by atoms with Crippen LogP contribution >= 0.6 is 0 Å². The summed E-state index contributed by atoms with van der Waals surface area (Å²) in [5.41, 5.74) is 1.99. The van der Waals surface area contributed by atoms with Gasteiger partial charge in [-0.25, -0.2) is 0 Å². The number of carbonyl (C=O) groups is 2. The standard InChI is InChI=1S/C22H28N2O2/c1-4-20(25)24-19(15-17-11-7-5-8-12-17)21(26)23-16-22(2,3)18-13-9-6-10-14-18/h5-14,19H,4,15-16H2,1-3H3,(H,23,26)(H,24,25). The summed E-state index contributed by atoms with van der Waals surface area (Å²) in [6, 6.07) is 19.3. The fourth-order valence-corrected chi connectivity index (χ4v) is 2.78. The van der Waals surface area contributed by atoms with Crippen molar-refractivity contribution in [2.24, 2.45) is 0 Å². The van der Waals surface area contributed by atoms with E-state index in [1.807, 2.05) is 48.5 Å². The van der Waals surface area contributed by atoms with Gasteiger partial charge in [-0.1, -0.05) is 81.4 Å². The van der Waals surface area contributed by atoms with Gasteiger partial charge >= 0.3 is 0 Å². The normalized spacial score (nSPS) is 12.3. The molecule has 0 radical (unpaired) electrons. The van der Waals surface area contributed by atoms with Crippen LogP contribution in [-0.4, -0.2) is 24.4 Å². The Balaban J connectivity index is 2.04. The molecule has 0 saturated carbocycles. The largest absolute Gasteiger partial charge is 0.353 e. The van der Waals surface area contributed by atoms with Crippen molar-refractivity contribution in [2.45, 2.75) is 45.1 Å². The molecule has 138 valence electrons. The fraction of sp³-hybridized carbons (Fsp3) is 0.364. The lowest BCUT2D eigenvalue weighted by Crippen LogP contribution is -2.50. The first-order chi connectivity index (χ1) is 12.4. The summed E-state index contributed by atoms with van der Waals surface area (Å²) in [7, 11) is 0. The predicted octanol–water partition coefficient (Wildman–Crippen LogP) is 3.22. The molecule has 0 bridgehead atoms. The van der Waals surface area contributed by atoms with Gasteiger partial charge in [0.2, 0.25) is 11.8 Å². The summed E-state index contributed by atoms with van der Waals surface area (Å²) >= 11 is 0. The lowest BCUT2D eigenvalue weighted by molar-refractivity contribution is -0.129. The van der Waals surface area contributed by atoms with Crippen LogP contribution in [-0.2, 0) is 21.4 Å². The maximum atomic E-state index is 12.8. The first-order valence-corrected chi connectivity index (χ1v) is 9.09. The third-order valence-corrected chi connectivity index (χ3v) is 4.52. The van der Waals surface area contributed by atoms with Gasteiger partial charge in [-0.05, 0) is 11.1 Å². The van der Waals surface area contributed by atoms with Gasteiger partial charge in [-0.3, -0.25) is 9.59 Å². The van der Waals surface area contributed by atoms with Gasteiger partial charge in [-0.15, -0.1) is 0 Å². The lowest BCUT2D eigenvalue weighted by Gasteiger charge is -2.27. The van der Waals surface area contributed by atoms with Gasteiger partial charge in [0.15, 0.2) is 0 Å². The van der Waals surface area contributed by atoms with E-state index < -0.39 is 6.04 Å². The van der Waals surface area contributed by atoms with E-state index in [1.165, 1.54) is 0 Å². The second-order valence-corrected chi connectivity index (χ2v) is 7.13. The second kappa shape index (κ2) is 9.18. The van der Waals surface area contributed by atoms with Crippen LogP contribution in [0.15, 0.2) is 60.7 Å². The molecular weight excluding hydrogens is 324 g/mol. The molecule has 1 unspecified atom stereocenters. The summed E-state index contributed by atoms with van der Waals surface area (Å²) in [6.07, 6.45) is 0.832. The SMILES string of the molecule is CCC(=O)NC(Cc1ccccc1)C(=O)NCC(C)(C)c1ccccc1. The van der Waals surface area contributed by atoms with Crippen LogP contribution in [0.1, 0.15) is 38.3 Å². The summed E-state index contributed by atoms with van der Waals surface area (Å²) in [5, 5.41) is 5.86. The van der Waals surface area contributed by atoms with Crippen molar-refractivity contribution in [3.05, 3.63) is 71.8 Å². The van der Waals surface area contributed by atoms with Gasteiger partial charge in [0.1, 0.15) is 6.04 Å². The molecule has 4 heteroatoms. The van der Waals surface area contributed by atoms with Crippen molar-refractivity contribution in [3.63, 3.8) is 0 Å². The molecule has 2 amide bonds. The molecule has 0 aromatic heterocycles. The highest BCUT2D eigenvalue weighted by atomic mass is 16.2. The first-order valence-electron chi connectivity index (χ1n) is 9.09. The molecule has 0 aliphatic carbocycles. The average molecular weight is 352 g/mol. The zero-order valence-corrected chi connectivity index (χ0v) is 15.8. The van der Waals surface area contributed by atoms with E-state index in [1.54, 1.807) is 6.92 Å². The maximum absolute atomic E-state index is 12.8. The Kier molecular flexibility index (Phi) is 6.96. The van der Waals surface area contributed by atoms with E-state index >= 15 is 0 Å². The predicted molar refractivity (Wildman–Crippen MR) is 105 cm³/mol. The Bertz CT molecular complexity index is 711. The highest BCUT2D eigenvalue weighted by Crippen LogP contribution is 2.21. The van der Waals surface area contributed by atoms with Crippen molar-refractivity contribution < 1.29 is 9.59 Å². The minimum atomic E-state index is -0.573. The summed E-state index contributed by atoms with van der Waals surface area (Å²) in [6.45, 7) is 6.48. The third-order valence-electron chi connectivity index (χ3n) is 4.52. The lowest BCUT2D eigenvalue weighted by atomic mass is 9.84.